The minimum absolute atomic E-state index is 0.0727. The Morgan fingerprint density at radius 3 is 2.90 bits per heavy atom. The first-order valence-corrected chi connectivity index (χ1v) is 8.39. The minimum atomic E-state index is 0.0727. The van der Waals surface area contributed by atoms with E-state index in [0.717, 1.165) is 18.2 Å². The molecule has 0 radical (unpaired) electrons. The molecule has 21 heavy (non-hydrogen) atoms. The second-order valence-electron chi connectivity index (χ2n) is 6.28. The van der Waals surface area contributed by atoms with Crippen LogP contribution in [0.4, 0.5) is 5.69 Å². The van der Waals surface area contributed by atoms with E-state index in [1.165, 1.54) is 38.5 Å². The largest absolute Gasteiger partial charge is 0.325 e. The molecule has 1 aliphatic carbocycles. The van der Waals surface area contributed by atoms with Gasteiger partial charge in [0.15, 0.2) is 0 Å². The smallest absolute Gasteiger partial charge is 0.238 e. The molecular weight excluding hydrogens is 284 g/mol. The number of nitrogens with one attached hydrogen (secondary N) is 1. The number of likely N-dealkylation sites (tertiary alicyclic amines) is 1. The van der Waals surface area contributed by atoms with Crippen LogP contribution in [0.25, 0.3) is 0 Å². The summed E-state index contributed by atoms with van der Waals surface area (Å²) in [5.41, 5.74) is 0.782. The van der Waals surface area contributed by atoms with Crippen molar-refractivity contribution in [2.45, 2.75) is 44.6 Å². The van der Waals surface area contributed by atoms with E-state index < -0.39 is 0 Å². The number of rotatable bonds is 3. The zero-order chi connectivity index (χ0) is 14.7. The summed E-state index contributed by atoms with van der Waals surface area (Å²) >= 11 is 5.95. The van der Waals surface area contributed by atoms with Crippen LogP contribution in [0.15, 0.2) is 24.3 Å². The van der Waals surface area contributed by atoms with Gasteiger partial charge in [-0.3, -0.25) is 9.69 Å². The number of carbonyl (C=O) groups is 1. The van der Waals surface area contributed by atoms with Gasteiger partial charge >= 0.3 is 0 Å². The van der Waals surface area contributed by atoms with E-state index in [1.807, 2.05) is 18.2 Å². The van der Waals surface area contributed by atoms with Gasteiger partial charge in [0.2, 0.25) is 5.91 Å². The van der Waals surface area contributed by atoms with Crippen molar-refractivity contribution >= 4 is 23.2 Å². The quantitative estimate of drug-likeness (QED) is 0.917. The maximum absolute atomic E-state index is 12.3. The molecule has 1 heterocycles. The molecule has 3 rings (SSSR count). The first-order valence-electron chi connectivity index (χ1n) is 8.02. The van der Waals surface area contributed by atoms with Crippen molar-refractivity contribution in [1.29, 1.82) is 0 Å². The standard InChI is InChI=1S/C17H23ClN2O/c18-14-7-3-8-15(11-14)19-17(21)12-20-10-4-6-13-5-1-2-9-16(13)20/h3,7-8,11,13,16H,1-2,4-6,9-10,12H2,(H,19,21)/t13-,16+/m1/s1. The number of piperidine rings is 1. The van der Waals surface area contributed by atoms with Gasteiger partial charge in [-0.1, -0.05) is 30.5 Å². The number of benzene rings is 1. The molecule has 1 aromatic carbocycles. The van der Waals surface area contributed by atoms with Crippen molar-refractivity contribution in [2.75, 3.05) is 18.4 Å². The Labute approximate surface area is 131 Å². The topological polar surface area (TPSA) is 32.3 Å². The Balaban J connectivity index is 1.58. The molecule has 0 bridgehead atoms. The highest BCUT2D eigenvalue weighted by Crippen LogP contribution is 2.35. The maximum atomic E-state index is 12.3. The highest BCUT2D eigenvalue weighted by Gasteiger charge is 2.33. The first-order chi connectivity index (χ1) is 10.2. The summed E-state index contributed by atoms with van der Waals surface area (Å²) in [6.45, 7) is 1.57. The Morgan fingerprint density at radius 2 is 2.05 bits per heavy atom. The fourth-order valence-electron chi connectivity index (χ4n) is 3.88. The molecular formula is C17H23ClN2O. The Hall–Kier alpha value is -1.06. The van der Waals surface area contributed by atoms with Gasteiger partial charge in [0.25, 0.3) is 0 Å². The minimum Gasteiger partial charge on any atom is -0.325 e. The highest BCUT2D eigenvalue weighted by molar-refractivity contribution is 6.30. The number of halogens is 1. The van der Waals surface area contributed by atoms with E-state index >= 15 is 0 Å². The van der Waals surface area contributed by atoms with Crippen LogP contribution in [0.3, 0.4) is 0 Å². The van der Waals surface area contributed by atoms with E-state index in [1.54, 1.807) is 6.07 Å². The number of anilines is 1. The summed E-state index contributed by atoms with van der Waals surface area (Å²) in [6.07, 6.45) is 7.85. The fraction of sp³-hybridized carbons (Fsp3) is 0.588. The number of fused-ring (bicyclic) bond motifs is 1. The van der Waals surface area contributed by atoms with Gasteiger partial charge in [0, 0.05) is 16.8 Å². The molecule has 1 N–H and O–H groups in total. The third-order valence-corrected chi connectivity index (χ3v) is 5.05. The van der Waals surface area contributed by atoms with E-state index in [9.17, 15) is 4.79 Å². The van der Waals surface area contributed by atoms with E-state index in [4.69, 9.17) is 11.6 Å². The maximum Gasteiger partial charge on any atom is 0.238 e. The lowest BCUT2D eigenvalue weighted by atomic mass is 9.78. The summed E-state index contributed by atoms with van der Waals surface area (Å²) in [4.78, 5) is 14.7. The number of carbonyl (C=O) groups excluding carboxylic acids is 1. The predicted octanol–water partition coefficient (Wildman–Crippen LogP) is 3.93. The van der Waals surface area contributed by atoms with Crippen LogP contribution < -0.4 is 5.32 Å². The fourth-order valence-corrected chi connectivity index (χ4v) is 4.07. The van der Waals surface area contributed by atoms with Crippen molar-refractivity contribution in [2.24, 2.45) is 5.92 Å². The molecule has 0 aromatic heterocycles. The molecule has 2 atom stereocenters. The van der Waals surface area contributed by atoms with Crippen LogP contribution in [0, 0.1) is 5.92 Å². The lowest BCUT2D eigenvalue weighted by Crippen LogP contribution is -2.49. The second-order valence-corrected chi connectivity index (χ2v) is 6.72. The first kappa shape index (κ1) is 14.9. The van der Waals surface area contributed by atoms with Crippen LogP contribution in [0.2, 0.25) is 5.02 Å². The second kappa shape index (κ2) is 6.80. The molecule has 1 aromatic rings. The molecule has 114 valence electrons. The lowest BCUT2D eigenvalue weighted by Gasteiger charge is -2.43. The van der Waals surface area contributed by atoms with Crippen LogP contribution in [-0.2, 0) is 4.79 Å². The van der Waals surface area contributed by atoms with Gasteiger partial charge in [-0.25, -0.2) is 0 Å². The lowest BCUT2D eigenvalue weighted by molar-refractivity contribution is -0.118. The normalized spacial score (nSPS) is 26.1. The SMILES string of the molecule is O=C(CN1CCC[C@H]2CCCC[C@@H]21)Nc1cccc(Cl)c1. The van der Waals surface area contributed by atoms with Crippen LogP contribution in [-0.4, -0.2) is 29.9 Å². The van der Waals surface area contributed by atoms with Gasteiger partial charge in [0.1, 0.15) is 0 Å². The molecule has 0 spiro atoms. The summed E-state index contributed by atoms with van der Waals surface area (Å²) in [6, 6.07) is 7.96. The van der Waals surface area contributed by atoms with Crippen LogP contribution >= 0.6 is 11.6 Å². The molecule has 0 unspecified atom stereocenters. The van der Waals surface area contributed by atoms with Gasteiger partial charge in [-0.2, -0.15) is 0 Å². The molecule has 1 saturated heterocycles. The molecule has 1 saturated carbocycles. The third kappa shape index (κ3) is 3.78. The highest BCUT2D eigenvalue weighted by atomic mass is 35.5. The Bertz CT molecular complexity index is 503. The van der Waals surface area contributed by atoms with E-state index in [0.29, 0.717) is 17.6 Å². The number of nitrogens with zero attached hydrogens (tertiary/aromatic N) is 1. The van der Waals surface area contributed by atoms with E-state index in [-0.39, 0.29) is 5.91 Å². The number of hydrogen-bond acceptors (Lipinski definition) is 2. The summed E-state index contributed by atoms with van der Waals surface area (Å²) in [5.74, 6) is 0.884. The zero-order valence-electron chi connectivity index (χ0n) is 12.4. The molecule has 2 fully saturated rings. The Morgan fingerprint density at radius 1 is 1.24 bits per heavy atom. The van der Waals surface area contributed by atoms with Gasteiger partial charge in [0.05, 0.1) is 6.54 Å². The van der Waals surface area contributed by atoms with E-state index in [2.05, 4.69) is 10.2 Å². The van der Waals surface area contributed by atoms with Crippen molar-refractivity contribution in [3.05, 3.63) is 29.3 Å². The van der Waals surface area contributed by atoms with Crippen molar-refractivity contribution in [3.63, 3.8) is 0 Å². The molecule has 4 heteroatoms. The van der Waals surface area contributed by atoms with Crippen molar-refractivity contribution < 1.29 is 4.79 Å². The number of hydrogen-bond donors (Lipinski definition) is 1. The monoisotopic (exact) mass is 306 g/mol. The van der Waals surface area contributed by atoms with Crippen LogP contribution in [0.1, 0.15) is 38.5 Å². The third-order valence-electron chi connectivity index (χ3n) is 4.81. The Kier molecular flexibility index (Phi) is 4.81. The molecule has 3 nitrogen and oxygen atoms in total. The summed E-state index contributed by atoms with van der Waals surface area (Å²) in [7, 11) is 0. The van der Waals surface area contributed by atoms with Gasteiger partial charge in [-0.05, 0) is 56.3 Å². The van der Waals surface area contributed by atoms with Crippen molar-refractivity contribution in [1.82, 2.24) is 4.90 Å². The summed E-state index contributed by atoms with van der Waals surface area (Å²) < 4.78 is 0. The van der Waals surface area contributed by atoms with Crippen LogP contribution in [0.5, 0.6) is 0 Å². The molecule has 1 aliphatic heterocycles. The van der Waals surface area contributed by atoms with Gasteiger partial charge < -0.3 is 5.32 Å². The predicted molar refractivity (Wildman–Crippen MR) is 86.6 cm³/mol. The number of amides is 1. The van der Waals surface area contributed by atoms with Crippen molar-refractivity contribution in [3.8, 4) is 0 Å². The summed E-state index contributed by atoms with van der Waals surface area (Å²) in [5, 5.41) is 3.61. The average Bonchev–Trinajstić information content (AvgIpc) is 2.47. The zero-order valence-corrected chi connectivity index (χ0v) is 13.1. The molecule has 1 amide bonds. The average molecular weight is 307 g/mol. The van der Waals surface area contributed by atoms with Gasteiger partial charge in [-0.15, -0.1) is 0 Å². The molecule has 2 aliphatic rings.